The fourth-order valence-corrected chi connectivity index (χ4v) is 2.48. The number of amides is 2. The van der Waals surface area contributed by atoms with Crippen molar-refractivity contribution in [3.63, 3.8) is 0 Å². The van der Waals surface area contributed by atoms with Gasteiger partial charge in [0, 0.05) is 20.0 Å². The maximum absolute atomic E-state index is 12.0. The molecule has 0 saturated heterocycles. The second kappa shape index (κ2) is 7.53. The van der Waals surface area contributed by atoms with E-state index in [9.17, 15) is 9.59 Å². The highest BCUT2D eigenvalue weighted by molar-refractivity contribution is 7.12. The van der Waals surface area contributed by atoms with Crippen molar-refractivity contribution in [2.45, 2.75) is 12.8 Å². The molecule has 2 rings (SSSR count). The molecule has 7 nitrogen and oxygen atoms in total. The highest BCUT2D eigenvalue weighted by atomic mass is 32.1. The standard InChI is InChI=1S/C13H17N5O2S/c1-18(13(20)10-4-3-7-21-10)8-12(19)14-6-2-5-11-15-9-16-17-11/h3-4,7,9H,2,5-6,8H2,1H3,(H,14,19)(H,15,16,17). The Morgan fingerprint density at radius 2 is 2.33 bits per heavy atom. The SMILES string of the molecule is CN(CC(=O)NCCCc1ncn[nH]1)C(=O)c1cccs1. The number of H-pyrrole nitrogens is 1. The van der Waals surface area contributed by atoms with Crippen LogP contribution in [-0.2, 0) is 11.2 Å². The van der Waals surface area contributed by atoms with Gasteiger partial charge in [0.15, 0.2) is 0 Å². The first-order valence-corrected chi connectivity index (χ1v) is 7.44. The monoisotopic (exact) mass is 307 g/mol. The van der Waals surface area contributed by atoms with Gasteiger partial charge in [-0.2, -0.15) is 5.10 Å². The number of thiophene rings is 1. The van der Waals surface area contributed by atoms with Gasteiger partial charge < -0.3 is 10.2 Å². The second-order valence-electron chi connectivity index (χ2n) is 4.52. The molecular formula is C13H17N5O2S. The fraction of sp³-hybridized carbons (Fsp3) is 0.385. The zero-order valence-electron chi connectivity index (χ0n) is 11.7. The molecule has 2 amide bonds. The normalized spacial score (nSPS) is 10.3. The molecule has 0 unspecified atom stereocenters. The molecule has 2 heterocycles. The van der Waals surface area contributed by atoms with E-state index in [2.05, 4.69) is 20.5 Å². The second-order valence-corrected chi connectivity index (χ2v) is 5.47. The summed E-state index contributed by atoms with van der Waals surface area (Å²) in [6, 6.07) is 3.56. The third-order valence-electron chi connectivity index (χ3n) is 2.84. The van der Waals surface area contributed by atoms with Crippen LogP contribution in [0.3, 0.4) is 0 Å². The first kappa shape index (κ1) is 15.2. The van der Waals surface area contributed by atoms with Gasteiger partial charge in [-0.25, -0.2) is 4.98 Å². The van der Waals surface area contributed by atoms with E-state index in [1.165, 1.54) is 22.6 Å². The predicted molar refractivity (Wildman–Crippen MR) is 79.0 cm³/mol. The number of aryl methyl sites for hydroxylation is 1. The van der Waals surface area contributed by atoms with Gasteiger partial charge in [-0.1, -0.05) is 6.07 Å². The predicted octanol–water partition coefficient (Wildman–Crippen LogP) is 0.687. The molecule has 8 heteroatoms. The Balaban J connectivity index is 1.65. The number of hydrogen-bond donors (Lipinski definition) is 2. The zero-order chi connectivity index (χ0) is 15.1. The minimum atomic E-state index is -0.167. The van der Waals surface area contributed by atoms with Crippen molar-refractivity contribution in [3.8, 4) is 0 Å². The Morgan fingerprint density at radius 1 is 1.48 bits per heavy atom. The molecule has 2 N–H and O–H groups in total. The van der Waals surface area contributed by atoms with Crippen LogP contribution in [0.15, 0.2) is 23.8 Å². The fourth-order valence-electron chi connectivity index (χ4n) is 1.77. The van der Waals surface area contributed by atoms with Crippen LogP contribution in [-0.4, -0.2) is 52.0 Å². The molecule has 21 heavy (non-hydrogen) atoms. The average Bonchev–Trinajstić information content (AvgIpc) is 3.15. The Morgan fingerprint density at radius 3 is 3.00 bits per heavy atom. The van der Waals surface area contributed by atoms with E-state index >= 15 is 0 Å². The molecule has 0 bridgehead atoms. The van der Waals surface area contributed by atoms with Gasteiger partial charge in [-0.05, 0) is 17.9 Å². The van der Waals surface area contributed by atoms with Crippen LogP contribution in [0.2, 0.25) is 0 Å². The zero-order valence-corrected chi connectivity index (χ0v) is 12.5. The van der Waals surface area contributed by atoms with Gasteiger partial charge in [-0.15, -0.1) is 11.3 Å². The van der Waals surface area contributed by atoms with Crippen molar-refractivity contribution in [1.29, 1.82) is 0 Å². The molecule has 2 aromatic rings. The van der Waals surface area contributed by atoms with Crippen molar-refractivity contribution >= 4 is 23.2 Å². The Labute approximate surface area is 126 Å². The van der Waals surface area contributed by atoms with Gasteiger partial charge in [0.05, 0.1) is 11.4 Å². The van der Waals surface area contributed by atoms with Crippen molar-refractivity contribution in [2.24, 2.45) is 0 Å². The number of likely N-dealkylation sites (N-methyl/N-ethyl adjacent to an activating group) is 1. The largest absolute Gasteiger partial charge is 0.355 e. The first-order valence-electron chi connectivity index (χ1n) is 6.56. The number of nitrogens with zero attached hydrogens (tertiary/aromatic N) is 3. The molecule has 112 valence electrons. The number of aromatic nitrogens is 3. The number of hydrogen-bond acceptors (Lipinski definition) is 5. The summed E-state index contributed by atoms with van der Waals surface area (Å²) >= 11 is 1.37. The molecule has 0 fully saturated rings. The van der Waals surface area contributed by atoms with Crippen LogP contribution in [0.25, 0.3) is 0 Å². The quantitative estimate of drug-likeness (QED) is 0.736. The molecule has 0 spiro atoms. The summed E-state index contributed by atoms with van der Waals surface area (Å²) in [7, 11) is 1.62. The first-order chi connectivity index (χ1) is 10.2. The third kappa shape index (κ3) is 4.67. The molecule has 0 saturated carbocycles. The average molecular weight is 307 g/mol. The van der Waals surface area contributed by atoms with E-state index in [1.807, 2.05) is 11.4 Å². The van der Waals surface area contributed by atoms with Crippen LogP contribution < -0.4 is 5.32 Å². The van der Waals surface area contributed by atoms with Gasteiger partial charge in [0.1, 0.15) is 12.2 Å². The van der Waals surface area contributed by atoms with E-state index in [0.29, 0.717) is 11.4 Å². The summed E-state index contributed by atoms with van der Waals surface area (Å²) in [5, 5.41) is 11.1. The molecule has 2 aromatic heterocycles. The summed E-state index contributed by atoms with van der Waals surface area (Å²) in [6.07, 6.45) is 2.95. The van der Waals surface area contributed by atoms with Crippen molar-refractivity contribution in [2.75, 3.05) is 20.1 Å². The third-order valence-corrected chi connectivity index (χ3v) is 3.69. The lowest BCUT2D eigenvalue weighted by molar-refractivity contribution is -0.121. The number of nitrogens with one attached hydrogen (secondary N) is 2. The minimum Gasteiger partial charge on any atom is -0.355 e. The molecule has 0 aliphatic heterocycles. The molecule has 0 aliphatic carbocycles. The molecule has 0 atom stereocenters. The summed E-state index contributed by atoms with van der Waals surface area (Å²) in [5.41, 5.74) is 0. The van der Waals surface area contributed by atoms with E-state index in [0.717, 1.165) is 18.7 Å². The van der Waals surface area contributed by atoms with Crippen LogP contribution >= 0.6 is 11.3 Å². The van der Waals surface area contributed by atoms with Crippen LogP contribution in [0.5, 0.6) is 0 Å². The molecule has 0 aliphatic rings. The van der Waals surface area contributed by atoms with Gasteiger partial charge in [0.2, 0.25) is 5.91 Å². The van der Waals surface area contributed by atoms with Crippen LogP contribution in [0.1, 0.15) is 21.9 Å². The van der Waals surface area contributed by atoms with Crippen molar-refractivity contribution in [3.05, 3.63) is 34.5 Å². The van der Waals surface area contributed by atoms with Crippen molar-refractivity contribution < 1.29 is 9.59 Å². The summed E-state index contributed by atoms with van der Waals surface area (Å²) < 4.78 is 0. The topological polar surface area (TPSA) is 91.0 Å². The van der Waals surface area contributed by atoms with Gasteiger partial charge in [-0.3, -0.25) is 14.7 Å². The van der Waals surface area contributed by atoms with Gasteiger partial charge >= 0.3 is 0 Å². The van der Waals surface area contributed by atoms with E-state index in [1.54, 1.807) is 13.1 Å². The highest BCUT2D eigenvalue weighted by Crippen LogP contribution is 2.10. The molecule has 0 aromatic carbocycles. The highest BCUT2D eigenvalue weighted by Gasteiger charge is 2.15. The summed E-state index contributed by atoms with van der Waals surface area (Å²) in [6.45, 7) is 0.597. The lowest BCUT2D eigenvalue weighted by Crippen LogP contribution is -2.38. The van der Waals surface area contributed by atoms with E-state index in [4.69, 9.17) is 0 Å². The Kier molecular flexibility index (Phi) is 5.44. The smallest absolute Gasteiger partial charge is 0.264 e. The number of rotatable bonds is 7. The van der Waals surface area contributed by atoms with Gasteiger partial charge in [0.25, 0.3) is 5.91 Å². The maximum atomic E-state index is 12.0. The van der Waals surface area contributed by atoms with Crippen LogP contribution in [0, 0.1) is 0 Å². The number of aromatic amines is 1. The maximum Gasteiger partial charge on any atom is 0.264 e. The minimum absolute atomic E-state index is 0.0546. The molecular weight excluding hydrogens is 290 g/mol. The number of carbonyl (C=O) groups excluding carboxylic acids is 2. The number of carbonyl (C=O) groups is 2. The Bertz CT molecular complexity index is 567. The Hall–Kier alpha value is -2.22. The van der Waals surface area contributed by atoms with Crippen LogP contribution in [0.4, 0.5) is 0 Å². The van der Waals surface area contributed by atoms with E-state index in [-0.39, 0.29) is 18.4 Å². The lowest BCUT2D eigenvalue weighted by atomic mass is 10.3. The van der Waals surface area contributed by atoms with Crippen molar-refractivity contribution in [1.82, 2.24) is 25.4 Å². The summed E-state index contributed by atoms with van der Waals surface area (Å²) in [5.74, 6) is 0.496. The lowest BCUT2D eigenvalue weighted by Gasteiger charge is -2.15. The summed E-state index contributed by atoms with van der Waals surface area (Å²) in [4.78, 5) is 29.8. The molecule has 0 radical (unpaired) electrons. The van der Waals surface area contributed by atoms with E-state index < -0.39 is 0 Å².